The average Bonchev–Trinajstić information content (AvgIpc) is 3.15. The number of hydrogen-bond donors (Lipinski definition) is 0. The summed E-state index contributed by atoms with van der Waals surface area (Å²) >= 11 is 0. The summed E-state index contributed by atoms with van der Waals surface area (Å²) in [7, 11) is 3.52. The number of rotatable bonds is 4. The van der Waals surface area contributed by atoms with Crippen molar-refractivity contribution >= 4 is 5.97 Å². The molecule has 1 aliphatic heterocycles. The summed E-state index contributed by atoms with van der Waals surface area (Å²) in [6.45, 7) is 2.03. The van der Waals surface area contributed by atoms with E-state index in [1.807, 2.05) is 24.3 Å². The van der Waals surface area contributed by atoms with Crippen LogP contribution in [0.3, 0.4) is 0 Å². The van der Waals surface area contributed by atoms with Crippen LogP contribution in [-0.2, 0) is 18.3 Å². The molecule has 4 nitrogen and oxygen atoms in total. The largest absolute Gasteiger partial charge is 0.465 e. The van der Waals surface area contributed by atoms with E-state index in [4.69, 9.17) is 4.74 Å². The van der Waals surface area contributed by atoms with Gasteiger partial charge in [-0.25, -0.2) is 4.79 Å². The Bertz CT molecular complexity index is 645. The molecule has 0 saturated carbocycles. The Labute approximate surface area is 131 Å². The van der Waals surface area contributed by atoms with Crippen molar-refractivity contribution in [2.45, 2.75) is 25.4 Å². The van der Waals surface area contributed by atoms with Crippen LogP contribution in [0.5, 0.6) is 0 Å². The molecule has 0 amide bonds. The monoisotopic (exact) mass is 298 g/mol. The SMILES string of the molecule is COC(=O)c1ccc(CN2CCC[C@H]2c2cccn2C)cc1. The lowest BCUT2D eigenvalue weighted by molar-refractivity contribution is 0.0600. The number of aryl methyl sites for hydroxylation is 1. The lowest BCUT2D eigenvalue weighted by Crippen LogP contribution is -2.24. The first-order chi connectivity index (χ1) is 10.7. The van der Waals surface area contributed by atoms with Crippen molar-refractivity contribution in [3.8, 4) is 0 Å². The topological polar surface area (TPSA) is 34.5 Å². The Morgan fingerprint density at radius 1 is 1.27 bits per heavy atom. The summed E-state index contributed by atoms with van der Waals surface area (Å²) in [6.07, 6.45) is 4.55. The zero-order valence-corrected chi connectivity index (χ0v) is 13.2. The number of carbonyl (C=O) groups is 1. The van der Waals surface area contributed by atoms with Gasteiger partial charge in [-0.1, -0.05) is 12.1 Å². The number of esters is 1. The molecule has 0 aliphatic carbocycles. The summed E-state index contributed by atoms with van der Waals surface area (Å²) in [5, 5.41) is 0. The van der Waals surface area contributed by atoms with Gasteiger partial charge in [0.2, 0.25) is 0 Å². The highest BCUT2D eigenvalue weighted by Gasteiger charge is 2.27. The van der Waals surface area contributed by atoms with Gasteiger partial charge in [0, 0.05) is 25.5 Å². The molecule has 0 unspecified atom stereocenters. The Hall–Kier alpha value is -2.07. The number of hydrogen-bond acceptors (Lipinski definition) is 3. The van der Waals surface area contributed by atoms with Gasteiger partial charge in [-0.2, -0.15) is 0 Å². The van der Waals surface area contributed by atoms with Crippen molar-refractivity contribution in [2.75, 3.05) is 13.7 Å². The number of ether oxygens (including phenoxy) is 1. The molecule has 1 aliphatic rings. The lowest BCUT2D eigenvalue weighted by Gasteiger charge is -2.25. The minimum atomic E-state index is -0.283. The summed E-state index contributed by atoms with van der Waals surface area (Å²) in [5.74, 6) is -0.283. The van der Waals surface area contributed by atoms with Crippen molar-refractivity contribution in [1.29, 1.82) is 0 Å². The fourth-order valence-electron chi connectivity index (χ4n) is 3.27. The van der Waals surface area contributed by atoms with Crippen LogP contribution in [0.2, 0.25) is 0 Å². The first-order valence-corrected chi connectivity index (χ1v) is 7.71. The number of aromatic nitrogens is 1. The van der Waals surface area contributed by atoms with E-state index in [2.05, 4.69) is 34.8 Å². The van der Waals surface area contributed by atoms with E-state index in [1.165, 1.54) is 31.2 Å². The van der Waals surface area contributed by atoms with E-state index in [0.29, 0.717) is 11.6 Å². The average molecular weight is 298 g/mol. The van der Waals surface area contributed by atoms with Crippen molar-refractivity contribution in [3.05, 3.63) is 59.4 Å². The molecule has 1 saturated heterocycles. The molecule has 1 aromatic carbocycles. The van der Waals surface area contributed by atoms with E-state index in [-0.39, 0.29) is 5.97 Å². The van der Waals surface area contributed by atoms with Crippen molar-refractivity contribution in [2.24, 2.45) is 7.05 Å². The Morgan fingerprint density at radius 3 is 2.68 bits per heavy atom. The van der Waals surface area contributed by atoms with Crippen LogP contribution in [-0.4, -0.2) is 29.1 Å². The first kappa shape index (κ1) is 14.9. The van der Waals surface area contributed by atoms with Crippen LogP contribution < -0.4 is 0 Å². The van der Waals surface area contributed by atoms with Gasteiger partial charge in [0.1, 0.15) is 0 Å². The Balaban J connectivity index is 1.72. The molecule has 0 N–H and O–H groups in total. The molecule has 0 spiro atoms. The summed E-state index contributed by atoms with van der Waals surface area (Å²) in [4.78, 5) is 14.0. The van der Waals surface area contributed by atoms with Gasteiger partial charge in [-0.3, -0.25) is 4.90 Å². The van der Waals surface area contributed by atoms with E-state index in [0.717, 1.165) is 13.1 Å². The van der Waals surface area contributed by atoms with Gasteiger partial charge < -0.3 is 9.30 Å². The highest BCUT2D eigenvalue weighted by Crippen LogP contribution is 2.33. The minimum Gasteiger partial charge on any atom is -0.465 e. The standard InChI is InChI=1S/C18H22N2O2/c1-19-11-3-5-16(19)17-6-4-12-20(17)13-14-7-9-15(10-8-14)18(21)22-2/h3,5,7-11,17H,4,6,12-13H2,1-2H3/t17-/m0/s1. The summed E-state index contributed by atoms with van der Waals surface area (Å²) in [5.41, 5.74) is 3.21. The van der Waals surface area contributed by atoms with Crippen LogP contribution in [0.1, 0.15) is 40.5 Å². The summed E-state index contributed by atoms with van der Waals surface area (Å²) in [6, 6.07) is 12.5. The van der Waals surface area contributed by atoms with Gasteiger partial charge in [0.15, 0.2) is 0 Å². The number of carbonyl (C=O) groups excluding carboxylic acids is 1. The molecule has 1 atom stereocenters. The second-order valence-electron chi connectivity index (χ2n) is 5.86. The van der Waals surface area contributed by atoms with Crippen LogP contribution >= 0.6 is 0 Å². The molecule has 116 valence electrons. The van der Waals surface area contributed by atoms with E-state index in [1.54, 1.807) is 0 Å². The van der Waals surface area contributed by atoms with Crippen LogP contribution in [0.4, 0.5) is 0 Å². The molecule has 22 heavy (non-hydrogen) atoms. The van der Waals surface area contributed by atoms with Gasteiger partial charge in [-0.05, 0) is 49.2 Å². The summed E-state index contributed by atoms with van der Waals surface area (Å²) < 4.78 is 6.95. The molecule has 0 bridgehead atoms. The quantitative estimate of drug-likeness (QED) is 0.813. The minimum absolute atomic E-state index is 0.283. The van der Waals surface area contributed by atoms with E-state index >= 15 is 0 Å². The maximum absolute atomic E-state index is 11.5. The third kappa shape index (κ3) is 2.92. The molecule has 4 heteroatoms. The van der Waals surface area contributed by atoms with Gasteiger partial charge in [0.25, 0.3) is 0 Å². The Morgan fingerprint density at radius 2 is 2.05 bits per heavy atom. The normalized spacial score (nSPS) is 18.5. The van der Waals surface area contributed by atoms with Gasteiger partial charge in [-0.15, -0.1) is 0 Å². The maximum Gasteiger partial charge on any atom is 0.337 e. The van der Waals surface area contributed by atoms with Crippen molar-refractivity contribution in [3.63, 3.8) is 0 Å². The number of benzene rings is 1. The van der Waals surface area contributed by atoms with Crippen molar-refractivity contribution in [1.82, 2.24) is 9.47 Å². The van der Waals surface area contributed by atoms with Gasteiger partial charge >= 0.3 is 5.97 Å². The van der Waals surface area contributed by atoms with E-state index in [9.17, 15) is 4.79 Å². The second-order valence-corrected chi connectivity index (χ2v) is 5.86. The molecular formula is C18H22N2O2. The zero-order chi connectivity index (χ0) is 15.5. The van der Waals surface area contributed by atoms with Crippen LogP contribution in [0.25, 0.3) is 0 Å². The smallest absolute Gasteiger partial charge is 0.337 e. The maximum atomic E-state index is 11.5. The van der Waals surface area contributed by atoms with Crippen LogP contribution in [0, 0.1) is 0 Å². The molecule has 1 aromatic heterocycles. The third-order valence-electron chi connectivity index (χ3n) is 4.45. The molecule has 0 radical (unpaired) electrons. The fraction of sp³-hybridized carbons (Fsp3) is 0.389. The fourth-order valence-corrected chi connectivity index (χ4v) is 3.27. The zero-order valence-electron chi connectivity index (χ0n) is 13.2. The second kappa shape index (κ2) is 6.36. The third-order valence-corrected chi connectivity index (χ3v) is 4.45. The number of likely N-dealkylation sites (tertiary alicyclic amines) is 1. The molecular weight excluding hydrogens is 276 g/mol. The predicted molar refractivity (Wildman–Crippen MR) is 85.6 cm³/mol. The highest BCUT2D eigenvalue weighted by molar-refractivity contribution is 5.89. The number of nitrogens with zero attached hydrogens (tertiary/aromatic N) is 2. The van der Waals surface area contributed by atoms with Gasteiger partial charge in [0.05, 0.1) is 18.7 Å². The van der Waals surface area contributed by atoms with E-state index < -0.39 is 0 Å². The molecule has 1 fully saturated rings. The molecule has 2 heterocycles. The number of methoxy groups -OCH3 is 1. The first-order valence-electron chi connectivity index (χ1n) is 7.71. The van der Waals surface area contributed by atoms with Crippen LogP contribution in [0.15, 0.2) is 42.6 Å². The Kier molecular flexibility index (Phi) is 4.29. The lowest BCUT2D eigenvalue weighted by atomic mass is 10.1. The predicted octanol–water partition coefficient (Wildman–Crippen LogP) is 3.15. The molecule has 3 rings (SSSR count). The van der Waals surface area contributed by atoms with Crippen molar-refractivity contribution < 1.29 is 9.53 Å². The molecule has 2 aromatic rings. The highest BCUT2D eigenvalue weighted by atomic mass is 16.5.